The number of pyridine rings is 1. The molecule has 3 heterocycles. The Kier molecular flexibility index (Phi) is 4.92. The fraction of sp³-hybridized carbons (Fsp3) is 0.190. The summed E-state index contributed by atoms with van der Waals surface area (Å²) in [6, 6.07) is 11.9. The number of carbonyl (C=O) groups excluding carboxylic acids is 1. The number of aryl methyl sites for hydroxylation is 1. The average molecular weight is 394 g/mol. The second-order valence-electron chi connectivity index (χ2n) is 6.68. The third-order valence-corrected chi connectivity index (χ3v) is 5.76. The topological polar surface area (TPSA) is 59.8 Å². The molecule has 1 aromatic carbocycles. The van der Waals surface area contributed by atoms with Crippen molar-refractivity contribution in [3.8, 4) is 0 Å². The van der Waals surface area contributed by atoms with Crippen LogP contribution in [0.3, 0.4) is 0 Å². The van der Waals surface area contributed by atoms with Gasteiger partial charge in [0.2, 0.25) is 0 Å². The number of hydrogen-bond acceptors (Lipinski definition) is 4. The second-order valence-corrected chi connectivity index (χ2v) is 7.71. The van der Waals surface area contributed by atoms with E-state index in [0.29, 0.717) is 11.4 Å². The van der Waals surface area contributed by atoms with Crippen molar-refractivity contribution in [2.75, 3.05) is 0 Å². The van der Waals surface area contributed by atoms with Crippen LogP contribution in [0.4, 0.5) is 4.39 Å². The van der Waals surface area contributed by atoms with E-state index in [1.165, 1.54) is 23.5 Å². The van der Waals surface area contributed by atoms with Crippen LogP contribution in [0.15, 0.2) is 54.9 Å². The predicted molar refractivity (Wildman–Crippen MR) is 108 cm³/mol. The number of amides is 1. The number of fused-ring (bicyclic) bond motifs is 1. The molecule has 1 atom stereocenters. The predicted octanol–water partition coefficient (Wildman–Crippen LogP) is 4.48. The molecule has 0 aliphatic rings. The van der Waals surface area contributed by atoms with Gasteiger partial charge in [0.05, 0.1) is 23.2 Å². The van der Waals surface area contributed by atoms with Crippen LogP contribution >= 0.6 is 11.3 Å². The minimum absolute atomic E-state index is 0.120. The summed E-state index contributed by atoms with van der Waals surface area (Å²) >= 11 is 1.41. The van der Waals surface area contributed by atoms with Gasteiger partial charge in [-0.15, -0.1) is 11.3 Å². The summed E-state index contributed by atoms with van der Waals surface area (Å²) in [7, 11) is 0. The van der Waals surface area contributed by atoms with Gasteiger partial charge in [0.25, 0.3) is 5.91 Å². The third kappa shape index (κ3) is 3.66. The molecule has 0 spiro atoms. The smallest absolute Gasteiger partial charge is 0.261 e. The highest BCUT2D eigenvalue weighted by molar-refractivity contribution is 7.20. The molecule has 0 bridgehead atoms. The van der Waals surface area contributed by atoms with Gasteiger partial charge in [-0.3, -0.25) is 14.5 Å². The van der Waals surface area contributed by atoms with E-state index >= 15 is 0 Å². The molecule has 0 saturated heterocycles. The summed E-state index contributed by atoms with van der Waals surface area (Å²) in [4.78, 5) is 18.4. The molecule has 4 aromatic rings. The molecule has 3 aromatic heterocycles. The van der Waals surface area contributed by atoms with E-state index in [2.05, 4.69) is 15.4 Å². The van der Waals surface area contributed by atoms with Crippen LogP contribution in [0.2, 0.25) is 0 Å². The van der Waals surface area contributed by atoms with Gasteiger partial charge in [0.1, 0.15) is 10.6 Å². The lowest BCUT2D eigenvalue weighted by molar-refractivity contribution is 0.0944. The van der Waals surface area contributed by atoms with Crippen LogP contribution in [-0.2, 0) is 6.54 Å². The normalized spacial score (nSPS) is 12.2. The molecule has 7 heteroatoms. The van der Waals surface area contributed by atoms with Crippen molar-refractivity contribution < 1.29 is 9.18 Å². The molecule has 4 rings (SSSR count). The first-order valence-corrected chi connectivity index (χ1v) is 9.75. The monoisotopic (exact) mass is 394 g/mol. The molecule has 1 N–H and O–H groups in total. The minimum atomic E-state index is -0.261. The van der Waals surface area contributed by atoms with Crippen LogP contribution in [-0.4, -0.2) is 20.7 Å². The maximum absolute atomic E-state index is 13.1. The van der Waals surface area contributed by atoms with Crippen LogP contribution < -0.4 is 5.32 Å². The van der Waals surface area contributed by atoms with E-state index in [0.717, 1.165) is 27.0 Å². The second kappa shape index (κ2) is 7.52. The van der Waals surface area contributed by atoms with Crippen LogP contribution in [0.1, 0.15) is 39.5 Å². The number of carbonyl (C=O) groups is 1. The average Bonchev–Trinajstić information content (AvgIpc) is 3.26. The Morgan fingerprint density at radius 2 is 2.07 bits per heavy atom. The van der Waals surface area contributed by atoms with Gasteiger partial charge in [0, 0.05) is 17.8 Å². The van der Waals surface area contributed by atoms with E-state index in [4.69, 9.17) is 0 Å². The van der Waals surface area contributed by atoms with Crippen molar-refractivity contribution in [3.63, 3.8) is 0 Å². The van der Waals surface area contributed by atoms with Gasteiger partial charge in [-0.1, -0.05) is 18.2 Å². The van der Waals surface area contributed by atoms with Gasteiger partial charge >= 0.3 is 0 Å². The zero-order valence-electron chi connectivity index (χ0n) is 15.5. The lowest BCUT2D eigenvalue weighted by atomic mass is 10.1. The highest BCUT2D eigenvalue weighted by Crippen LogP contribution is 2.29. The number of aromatic nitrogens is 3. The van der Waals surface area contributed by atoms with Gasteiger partial charge in [-0.25, -0.2) is 4.39 Å². The summed E-state index contributed by atoms with van der Waals surface area (Å²) in [5.74, 6) is -0.381. The van der Waals surface area contributed by atoms with Crippen molar-refractivity contribution in [3.05, 3.63) is 82.4 Å². The van der Waals surface area contributed by atoms with Crippen LogP contribution in [0, 0.1) is 12.7 Å². The zero-order valence-corrected chi connectivity index (χ0v) is 16.3. The molecule has 0 radical (unpaired) electrons. The van der Waals surface area contributed by atoms with Gasteiger partial charge in [-0.2, -0.15) is 5.10 Å². The summed E-state index contributed by atoms with van der Waals surface area (Å²) < 4.78 is 15.0. The number of nitrogens with zero attached hydrogens (tertiary/aromatic N) is 3. The number of rotatable bonds is 5. The molecule has 28 heavy (non-hydrogen) atoms. The summed E-state index contributed by atoms with van der Waals surface area (Å²) in [6.45, 7) is 4.39. The Hall–Kier alpha value is -3.06. The first-order valence-electron chi connectivity index (χ1n) is 8.93. The molecule has 0 fully saturated rings. The number of hydrogen-bond donors (Lipinski definition) is 1. The lowest BCUT2D eigenvalue weighted by Crippen LogP contribution is -2.25. The highest BCUT2D eigenvalue weighted by atomic mass is 32.1. The third-order valence-electron chi connectivity index (χ3n) is 4.61. The maximum Gasteiger partial charge on any atom is 0.261 e. The molecule has 1 amide bonds. The fourth-order valence-electron chi connectivity index (χ4n) is 3.08. The summed E-state index contributed by atoms with van der Waals surface area (Å²) in [5.41, 5.74) is 2.78. The molecular weight excluding hydrogens is 375 g/mol. The largest absolute Gasteiger partial charge is 0.345 e. The number of benzene rings is 1. The van der Waals surface area contributed by atoms with Crippen molar-refractivity contribution >= 4 is 27.5 Å². The fourth-order valence-corrected chi connectivity index (χ4v) is 4.14. The van der Waals surface area contributed by atoms with Gasteiger partial charge in [-0.05, 0) is 49.2 Å². The van der Waals surface area contributed by atoms with Crippen LogP contribution in [0.5, 0.6) is 0 Å². The van der Waals surface area contributed by atoms with Crippen molar-refractivity contribution in [2.24, 2.45) is 0 Å². The maximum atomic E-state index is 13.1. The zero-order chi connectivity index (χ0) is 19.7. The van der Waals surface area contributed by atoms with Gasteiger partial charge in [0.15, 0.2) is 0 Å². The Balaban J connectivity index is 1.57. The molecule has 142 valence electrons. The van der Waals surface area contributed by atoms with E-state index in [9.17, 15) is 9.18 Å². The first-order chi connectivity index (χ1) is 13.5. The van der Waals surface area contributed by atoms with Crippen molar-refractivity contribution in [1.82, 2.24) is 20.1 Å². The Bertz CT molecular complexity index is 1120. The van der Waals surface area contributed by atoms with Crippen LogP contribution in [0.25, 0.3) is 10.2 Å². The molecule has 0 saturated carbocycles. The SMILES string of the molecule is Cc1nn(Cc2ccc(F)cc2)c2sc(C(=O)N[C@@H](C)c3cccnc3)cc12. The van der Waals surface area contributed by atoms with E-state index in [1.54, 1.807) is 24.5 Å². The lowest BCUT2D eigenvalue weighted by Gasteiger charge is -2.12. The Morgan fingerprint density at radius 3 is 2.79 bits per heavy atom. The molecule has 0 aliphatic carbocycles. The standard InChI is InChI=1S/C21H19FN4OS/c1-13(16-4-3-9-23-11-16)24-20(27)19-10-18-14(2)25-26(21(18)28-19)12-15-5-7-17(22)8-6-15/h3-11,13H,12H2,1-2H3,(H,24,27)/t13-/m0/s1. The van der Waals surface area contributed by atoms with Gasteiger partial charge < -0.3 is 5.32 Å². The highest BCUT2D eigenvalue weighted by Gasteiger charge is 2.18. The molecule has 0 aliphatic heterocycles. The van der Waals surface area contributed by atoms with Crippen molar-refractivity contribution in [2.45, 2.75) is 26.4 Å². The number of thiophene rings is 1. The summed E-state index contributed by atoms with van der Waals surface area (Å²) in [6.07, 6.45) is 3.46. The van der Waals surface area contributed by atoms with E-state index in [1.807, 2.05) is 36.7 Å². The number of nitrogens with one attached hydrogen (secondary N) is 1. The Labute approximate surface area is 165 Å². The molecular formula is C21H19FN4OS. The minimum Gasteiger partial charge on any atom is -0.345 e. The quantitative estimate of drug-likeness (QED) is 0.543. The summed E-state index contributed by atoms with van der Waals surface area (Å²) in [5, 5.41) is 8.55. The van der Waals surface area contributed by atoms with Crippen molar-refractivity contribution in [1.29, 1.82) is 0 Å². The van der Waals surface area contributed by atoms with E-state index < -0.39 is 0 Å². The molecule has 5 nitrogen and oxygen atoms in total. The number of halogens is 1. The molecule has 0 unspecified atom stereocenters. The van der Waals surface area contributed by atoms with E-state index in [-0.39, 0.29) is 17.8 Å². The Morgan fingerprint density at radius 1 is 1.29 bits per heavy atom. The first kappa shape index (κ1) is 18.3.